The molecule has 1 aliphatic rings. The van der Waals surface area contributed by atoms with Crippen LogP contribution >= 0.6 is 23.2 Å². The number of alkyl halides is 3. The third-order valence-corrected chi connectivity index (χ3v) is 6.98. The Morgan fingerprint density at radius 2 is 1.87 bits per heavy atom. The molecule has 1 aliphatic heterocycles. The zero-order valence-corrected chi connectivity index (χ0v) is 21.6. The van der Waals surface area contributed by atoms with Gasteiger partial charge in [-0.15, -0.1) is 0 Å². The van der Waals surface area contributed by atoms with Gasteiger partial charge >= 0.3 is 12.2 Å². The van der Waals surface area contributed by atoms with Gasteiger partial charge in [0.1, 0.15) is 5.15 Å². The number of rotatable bonds is 5. The maximum atomic E-state index is 13.3. The number of nitrogens with one attached hydrogen (secondary N) is 1. The number of hydrogen-bond acceptors (Lipinski definition) is 3. The van der Waals surface area contributed by atoms with Crippen LogP contribution in [0.4, 0.5) is 18.0 Å². The first-order chi connectivity index (χ1) is 18.2. The molecule has 196 valence electrons. The van der Waals surface area contributed by atoms with Crippen molar-refractivity contribution in [3.05, 3.63) is 105 Å². The van der Waals surface area contributed by atoms with Crippen LogP contribution in [0, 0.1) is 0 Å². The summed E-state index contributed by atoms with van der Waals surface area (Å²) in [7, 11) is 0. The number of fused-ring (bicyclic) bond motifs is 3. The SMILES string of the molecule is O=C(NCc1ccnc(Cl)c1)n1c2c(c3cc(Cl)ccc31)CN(C/C=C/c1ccc(C(F)(F)F)cc1)CC2. The van der Waals surface area contributed by atoms with Crippen LogP contribution in [0.3, 0.4) is 0 Å². The normalized spacial score (nSPS) is 14.2. The third-order valence-electron chi connectivity index (χ3n) is 6.54. The summed E-state index contributed by atoms with van der Waals surface area (Å²) in [6, 6.07) is 13.9. The van der Waals surface area contributed by atoms with E-state index in [4.69, 9.17) is 23.2 Å². The molecule has 5 nitrogen and oxygen atoms in total. The molecule has 0 bridgehead atoms. The average Bonchev–Trinajstić information content (AvgIpc) is 3.20. The van der Waals surface area contributed by atoms with Gasteiger partial charge in [0.2, 0.25) is 0 Å². The second kappa shape index (κ2) is 10.8. The highest BCUT2D eigenvalue weighted by Crippen LogP contribution is 2.33. The van der Waals surface area contributed by atoms with Crippen LogP contribution in [0.5, 0.6) is 0 Å². The smallest absolute Gasteiger partial charge is 0.333 e. The number of amides is 1. The molecule has 10 heteroatoms. The van der Waals surface area contributed by atoms with E-state index < -0.39 is 11.7 Å². The topological polar surface area (TPSA) is 50.2 Å². The van der Waals surface area contributed by atoms with E-state index in [-0.39, 0.29) is 6.03 Å². The van der Waals surface area contributed by atoms with Crippen molar-refractivity contribution < 1.29 is 18.0 Å². The number of carbonyl (C=O) groups is 1. The molecular formula is C28H23Cl2F3N4O. The van der Waals surface area contributed by atoms with Gasteiger partial charge in [0.25, 0.3) is 0 Å². The maximum Gasteiger partial charge on any atom is 0.416 e. The summed E-state index contributed by atoms with van der Waals surface area (Å²) >= 11 is 12.3. The predicted octanol–water partition coefficient (Wildman–Crippen LogP) is 7.19. The van der Waals surface area contributed by atoms with Crippen molar-refractivity contribution >= 4 is 46.2 Å². The molecule has 38 heavy (non-hydrogen) atoms. The molecular weight excluding hydrogens is 536 g/mol. The van der Waals surface area contributed by atoms with E-state index in [1.165, 1.54) is 12.1 Å². The van der Waals surface area contributed by atoms with Crippen LogP contribution in [-0.4, -0.2) is 33.6 Å². The van der Waals surface area contributed by atoms with E-state index in [2.05, 4.69) is 15.2 Å². The molecule has 0 saturated heterocycles. The lowest BCUT2D eigenvalue weighted by Crippen LogP contribution is -2.34. The van der Waals surface area contributed by atoms with Crippen molar-refractivity contribution in [3.63, 3.8) is 0 Å². The lowest BCUT2D eigenvalue weighted by Gasteiger charge is -2.27. The van der Waals surface area contributed by atoms with Gasteiger partial charge in [-0.1, -0.05) is 47.5 Å². The molecule has 0 spiro atoms. The zero-order valence-electron chi connectivity index (χ0n) is 20.1. The second-order valence-electron chi connectivity index (χ2n) is 9.07. The Hall–Kier alpha value is -3.33. The summed E-state index contributed by atoms with van der Waals surface area (Å²) in [6.07, 6.45) is 1.66. The number of pyridine rings is 1. The Morgan fingerprint density at radius 3 is 2.61 bits per heavy atom. The fourth-order valence-corrected chi connectivity index (χ4v) is 5.07. The van der Waals surface area contributed by atoms with Gasteiger partial charge in [0.15, 0.2) is 0 Å². The fourth-order valence-electron chi connectivity index (χ4n) is 4.70. The lowest BCUT2D eigenvalue weighted by molar-refractivity contribution is -0.137. The standard InChI is InChI=1S/C28H23Cl2F3N4O/c29-21-7-8-24-22(15-21)23-17-36(12-1-2-18-3-5-20(6-4-18)28(31,32)33)13-10-25(23)37(24)27(38)35-16-19-9-11-34-26(30)14-19/h1-9,11,14-15H,10,12-13,16-17H2,(H,35,38)/b2-1+. The first-order valence-electron chi connectivity index (χ1n) is 12.0. The minimum absolute atomic E-state index is 0.234. The molecule has 1 amide bonds. The van der Waals surface area contributed by atoms with E-state index >= 15 is 0 Å². The fraction of sp³-hybridized carbons (Fsp3) is 0.214. The predicted molar refractivity (Wildman–Crippen MR) is 143 cm³/mol. The van der Waals surface area contributed by atoms with Gasteiger partial charge in [0, 0.05) is 54.9 Å². The summed E-state index contributed by atoms with van der Waals surface area (Å²) in [5.41, 5.74) is 3.65. The zero-order chi connectivity index (χ0) is 26.9. The number of halogens is 5. The lowest BCUT2D eigenvalue weighted by atomic mass is 10.0. The van der Waals surface area contributed by atoms with Crippen LogP contribution < -0.4 is 5.32 Å². The molecule has 1 N–H and O–H groups in total. The number of hydrogen-bond donors (Lipinski definition) is 1. The number of aromatic nitrogens is 2. The molecule has 0 unspecified atom stereocenters. The minimum Gasteiger partial charge on any atom is -0.333 e. The minimum atomic E-state index is -4.35. The molecule has 0 atom stereocenters. The molecule has 2 aromatic carbocycles. The highest BCUT2D eigenvalue weighted by atomic mass is 35.5. The van der Waals surface area contributed by atoms with Gasteiger partial charge in [-0.05, 0) is 59.2 Å². The highest BCUT2D eigenvalue weighted by molar-refractivity contribution is 6.31. The van der Waals surface area contributed by atoms with Crippen LogP contribution in [0.15, 0.2) is 66.9 Å². The number of benzene rings is 2. The van der Waals surface area contributed by atoms with E-state index in [0.29, 0.717) is 41.8 Å². The Morgan fingerprint density at radius 1 is 1.08 bits per heavy atom. The first-order valence-corrected chi connectivity index (χ1v) is 12.7. The van der Waals surface area contributed by atoms with Crippen molar-refractivity contribution in [1.82, 2.24) is 19.8 Å². The molecule has 0 radical (unpaired) electrons. The Kier molecular flexibility index (Phi) is 7.47. The van der Waals surface area contributed by atoms with Crippen molar-refractivity contribution in [3.8, 4) is 0 Å². The summed E-state index contributed by atoms with van der Waals surface area (Å²) in [5.74, 6) is 0. The molecule has 0 aliphatic carbocycles. The van der Waals surface area contributed by atoms with Crippen LogP contribution in [0.1, 0.15) is 27.9 Å². The van der Waals surface area contributed by atoms with E-state index in [1.807, 2.05) is 24.3 Å². The summed E-state index contributed by atoms with van der Waals surface area (Å²) in [6.45, 7) is 2.26. The maximum absolute atomic E-state index is 13.3. The monoisotopic (exact) mass is 558 g/mol. The van der Waals surface area contributed by atoms with Gasteiger partial charge in [-0.2, -0.15) is 13.2 Å². The quantitative estimate of drug-likeness (QED) is 0.264. The van der Waals surface area contributed by atoms with Crippen molar-refractivity contribution in [2.45, 2.75) is 25.7 Å². The second-order valence-corrected chi connectivity index (χ2v) is 9.90. The highest BCUT2D eigenvalue weighted by Gasteiger charge is 2.30. The van der Waals surface area contributed by atoms with E-state index in [9.17, 15) is 18.0 Å². The Labute approximate surface area is 227 Å². The van der Waals surface area contributed by atoms with Crippen LogP contribution in [0.2, 0.25) is 10.2 Å². The van der Waals surface area contributed by atoms with Gasteiger partial charge < -0.3 is 5.32 Å². The van der Waals surface area contributed by atoms with E-state index in [1.54, 1.807) is 29.0 Å². The molecule has 4 aromatic rings. The summed E-state index contributed by atoms with van der Waals surface area (Å²) < 4.78 is 40.1. The van der Waals surface area contributed by atoms with Gasteiger partial charge in [-0.25, -0.2) is 9.78 Å². The van der Waals surface area contributed by atoms with Crippen molar-refractivity contribution in [2.24, 2.45) is 0 Å². The van der Waals surface area contributed by atoms with Crippen molar-refractivity contribution in [1.29, 1.82) is 0 Å². The van der Waals surface area contributed by atoms with Gasteiger partial charge in [0.05, 0.1) is 11.1 Å². The molecule has 0 fully saturated rings. The van der Waals surface area contributed by atoms with E-state index in [0.717, 1.165) is 46.4 Å². The number of nitrogens with zero attached hydrogens (tertiary/aromatic N) is 3. The average molecular weight is 559 g/mol. The Balaban J connectivity index is 1.33. The van der Waals surface area contributed by atoms with Crippen molar-refractivity contribution in [2.75, 3.05) is 13.1 Å². The Bertz CT molecular complexity index is 1510. The number of carbonyl (C=O) groups excluding carboxylic acids is 1. The first kappa shape index (κ1) is 26.3. The largest absolute Gasteiger partial charge is 0.416 e. The summed E-state index contributed by atoms with van der Waals surface area (Å²) in [4.78, 5) is 19.5. The molecule has 2 aromatic heterocycles. The third kappa shape index (κ3) is 5.72. The molecule has 3 heterocycles. The van der Waals surface area contributed by atoms with Crippen LogP contribution in [0.25, 0.3) is 17.0 Å². The molecule has 5 rings (SSSR count). The molecule has 0 saturated carbocycles. The van der Waals surface area contributed by atoms with Gasteiger partial charge in [-0.3, -0.25) is 9.47 Å². The van der Waals surface area contributed by atoms with Crippen LogP contribution in [-0.2, 0) is 25.7 Å². The summed E-state index contributed by atoms with van der Waals surface area (Å²) in [5, 5.41) is 4.84.